The molecule has 0 spiro atoms. The number of ether oxygens (including phenoxy) is 1. The SMILES string of the molecule is CCCOc1ccc(CCl)cc1-c1nc2c(CCC)nn(C)c2c(=O)[nH]1. The van der Waals surface area contributed by atoms with Crippen molar-refractivity contribution in [3.8, 4) is 17.1 Å². The van der Waals surface area contributed by atoms with Crippen LogP contribution in [-0.2, 0) is 19.3 Å². The molecule has 0 saturated heterocycles. The minimum atomic E-state index is -0.208. The molecule has 0 radical (unpaired) electrons. The van der Waals surface area contributed by atoms with E-state index < -0.39 is 0 Å². The summed E-state index contributed by atoms with van der Waals surface area (Å²) in [7, 11) is 1.77. The Hall–Kier alpha value is -2.34. The Bertz CT molecular complexity index is 978. The van der Waals surface area contributed by atoms with Crippen LogP contribution in [0.2, 0.25) is 0 Å². The number of hydrogen-bond donors (Lipinski definition) is 1. The van der Waals surface area contributed by atoms with Crippen molar-refractivity contribution in [1.82, 2.24) is 19.7 Å². The third-order valence-corrected chi connectivity index (χ3v) is 4.47. The molecule has 6 nitrogen and oxygen atoms in total. The summed E-state index contributed by atoms with van der Waals surface area (Å²) in [5.41, 5.74) is 3.43. The molecule has 2 aromatic heterocycles. The maximum absolute atomic E-state index is 12.7. The number of aryl methyl sites for hydroxylation is 2. The van der Waals surface area contributed by atoms with Crippen LogP contribution >= 0.6 is 11.6 Å². The highest BCUT2D eigenvalue weighted by Crippen LogP contribution is 2.30. The van der Waals surface area contributed by atoms with Crippen LogP contribution < -0.4 is 10.3 Å². The Morgan fingerprint density at radius 2 is 2.08 bits per heavy atom. The van der Waals surface area contributed by atoms with E-state index in [0.717, 1.165) is 36.1 Å². The molecule has 7 heteroatoms. The first-order valence-electron chi connectivity index (χ1n) is 8.87. The summed E-state index contributed by atoms with van der Waals surface area (Å²) in [6, 6.07) is 5.71. The summed E-state index contributed by atoms with van der Waals surface area (Å²) in [4.78, 5) is 20.3. The summed E-state index contributed by atoms with van der Waals surface area (Å²) < 4.78 is 7.45. The number of halogens is 1. The highest BCUT2D eigenvalue weighted by atomic mass is 35.5. The Labute approximate surface area is 157 Å². The van der Waals surface area contributed by atoms with Gasteiger partial charge in [0.15, 0.2) is 5.52 Å². The summed E-state index contributed by atoms with van der Waals surface area (Å²) in [6.07, 6.45) is 2.60. The molecule has 0 aliphatic heterocycles. The molecule has 3 rings (SSSR count). The summed E-state index contributed by atoms with van der Waals surface area (Å²) >= 11 is 5.99. The number of rotatable bonds is 7. The molecule has 0 bridgehead atoms. The number of aromatic amines is 1. The van der Waals surface area contributed by atoms with E-state index >= 15 is 0 Å². The van der Waals surface area contributed by atoms with E-state index in [2.05, 4.69) is 17.0 Å². The van der Waals surface area contributed by atoms with Gasteiger partial charge in [0.05, 0.1) is 17.9 Å². The Morgan fingerprint density at radius 1 is 1.27 bits per heavy atom. The average Bonchev–Trinajstić information content (AvgIpc) is 2.96. The van der Waals surface area contributed by atoms with E-state index in [4.69, 9.17) is 21.3 Å². The molecule has 0 atom stereocenters. The summed E-state index contributed by atoms with van der Waals surface area (Å²) in [6.45, 7) is 4.72. The standard InChI is InChI=1S/C19H23ClN4O2/c1-4-6-14-16-17(24(3)23-14)19(25)22-18(21-16)13-10-12(11-20)7-8-15(13)26-9-5-2/h7-8,10H,4-6,9,11H2,1-3H3,(H,21,22,25). The van der Waals surface area contributed by atoms with Gasteiger partial charge >= 0.3 is 0 Å². The van der Waals surface area contributed by atoms with Crippen molar-refractivity contribution in [3.05, 3.63) is 39.8 Å². The molecule has 138 valence electrons. The van der Waals surface area contributed by atoms with Gasteiger partial charge in [-0.1, -0.05) is 26.3 Å². The van der Waals surface area contributed by atoms with Crippen LogP contribution in [0.15, 0.2) is 23.0 Å². The maximum atomic E-state index is 12.7. The van der Waals surface area contributed by atoms with Gasteiger partial charge in [0.25, 0.3) is 5.56 Å². The lowest BCUT2D eigenvalue weighted by atomic mass is 10.1. The van der Waals surface area contributed by atoms with Crippen molar-refractivity contribution >= 4 is 22.6 Å². The predicted molar refractivity (Wildman–Crippen MR) is 104 cm³/mol. The molecule has 3 aromatic rings. The number of nitrogens with zero attached hydrogens (tertiary/aromatic N) is 3. The van der Waals surface area contributed by atoms with Gasteiger partial charge in [-0.3, -0.25) is 9.48 Å². The zero-order valence-corrected chi connectivity index (χ0v) is 16.1. The van der Waals surface area contributed by atoms with Crippen molar-refractivity contribution in [2.45, 2.75) is 39.0 Å². The second-order valence-corrected chi connectivity index (χ2v) is 6.51. The van der Waals surface area contributed by atoms with Crippen LogP contribution in [0.5, 0.6) is 5.75 Å². The van der Waals surface area contributed by atoms with E-state index in [1.807, 2.05) is 25.1 Å². The van der Waals surface area contributed by atoms with Gasteiger partial charge in [0.1, 0.15) is 17.1 Å². The van der Waals surface area contributed by atoms with Gasteiger partial charge in [-0.05, 0) is 30.5 Å². The highest BCUT2D eigenvalue weighted by Gasteiger charge is 2.17. The smallest absolute Gasteiger partial charge is 0.277 e. The first kappa shape index (κ1) is 18.5. The number of hydrogen-bond acceptors (Lipinski definition) is 4. The Balaban J connectivity index is 2.21. The molecule has 1 N–H and O–H groups in total. The lowest BCUT2D eigenvalue weighted by molar-refractivity contribution is 0.318. The first-order chi connectivity index (χ1) is 12.6. The molecular weight excluding hydrogens is 352 g/mol. The van der Waals surface area contributed by atoms with E-state index in [1.54, 1.807) is 11.7 Å². The minimum Gasteiger partial charge on any atom is -0.493 e. The summed E-state index contributed by atoms with van der Waals surface area (Å²) in [5.74, 6) is 1.54. The van der Waals surface area contributed by atoms with Gasteiger partial charge in [-0.25, -0.2) is 4.98 Å². The van der Waals surface area contributed by atoms with E-state index in [1.165, 1.54) is 0 Å². The van der Waals surface area contributed by atoms with E-state index in [-0.39, 0.29) is 5.56 Å². The molecular formula is C19H23ClN4O2. The van der Waals surface area contributed by atoms with Crippen LogP contribution in [0.25, 0.3) is 22.4 Å². The topological polar surface area (TPSA) is 72.8 Å². The van der Waals surface area contributed by atoms with E-state index in [9.17, 15) is 4.79 Å². The Morgan fingerprint density at radius 3 is 2.77 bits per heavy atom. The van der Waals surface area contributed by atoms with Gasteiger partial charge in [0.2, 0.25) is 0 Å². The average molecular weight is 375 g/mol. The van der Waals surface area contributed by atoms with Crippen LogP contribution in [0, 0.1) is 0 Å². The maximum Gasteiger partial charge on any atom is 0.277 e. The minimum absolute atomic E-state index is 0.208. The Kier molecular flexibility index (Phi) is 5.61. The number of nitrogens with one attached hydrogen (secondary N) is 1. The van der Waals surface area contributed by atoms with Crippen molar-refractivity contribution in [2.24, 2.45) is 7.05 Å². The van der Waals surface area contributed by atoms with Gasteiger partial charge in [-0.2, -0.15) is 5.10 Å². The second-order valence-electron chi connectivity index (χ2n) is 6.24. The number of aromatic nitrogens is 4. The molecule has 2 heterocycles. The van der Waals surface area contributed by atoms with Gasteiger partial charge in [0, 0.05) is 12.9 Å². The van der Waals surface area contributed by atoms with Crippen LogP contribution in [-0.4, -0.2) is 26.4 Å². The zero-order valence-electron chi connectivity index (χ0n) is 15.3. The van der Waals surface area contributed by atoms with Crippen LogP contribution in [0.3, 0.4) is 0 Å². The van der Waals surface area contributed by atoms with E-state index in [0.29, 0.717) is 35.1 Å². The lowest BCUT2D eigenvalue weighted by Crippen LogP contribution is -2.13. The van der Waals surface area contributed by atoms with Gasteiger partial charge < -0.3 is 9.72 Å². The summed E-state index contributed by atoms with van der Waals surface area (Å²) in [5, 5.41) is 4.46. The van der Waals surface area contributed by atoms with Crippen molar-refractivity contribution in [2.75, 3.05) is 6.61 Å². The normalized spacial score (nSPS) is 11.2. The number of H-pyrrole nitrogens is 1. The third-order valence-electron chi connectivity index (χ3n) is 4.16. The first-order valence-corrected chi connectivity index (χ1v) is 9.40. The monoisotopic (exact) mass is 374 g/mol. The molecule has 0 amide bonds. The number of fused-ring (bicyclic) bond motifs is 1. The molecule has 26 heavy (non-hydrogen) atoms. The fourth-order valence-corrected chi connectivity index (χ4v) is 3.13. The van der Waals surface area contributed by atoms with Crippen molar-refractivity contribution in [1.29, 1.82) is 0 Å². The third kappa shape index (κ3) is 3.46. The fraction of sp³-hybridized carbons (Fsp3) is 0.421. The van der Waals surface area contributed by atoms with Crippen LogP contribution in [0.4, 0.5) is 0 Å². The molecule has 0 aliphatic rings. The van der Waals surface area contributed by atoms with Crippen molar-refractivity contribution < 1.29 is 4.74 Å². The molecule has 1 aromatic carbocycles. The largest absolute Gasteiger partial charge is 0.493 e. The highest BCUT2D eigenvalue weighted by molar-refractivity contribution is 6.17. The lowest BCUT2D eigenvalue weighted by Gasteiger charge is -2.12. The van der Waals surface area contributed by atoms with Crippen molar-refractivity contribution in [3.63, 3.8) is 0 Å². The number of benzene rings is 1. The van der Waals surface area contributed by atoms with Crippen LogP contribution in [0.1, 0.15) is 37.9 Å². The predicted octanol–water partition coefficient (Wildman–Crippen LogP) is 3.80. The van der Waals surface area contributed by atoms with Gasteiger partial charge in [-0.15, -0.1) is 11.6 Å². The molecule has 0 fully saturated rings. The molecule has 0 saturated carbocycles. The number of alkyl halides is 1. The second kappa shape index (κ2) is 7.91. The zero-order chi connectivity index (χ0) is 18.7. The molecule has 0 unspecified atom stereocenters. The fourth-order valence-electron chi connectivity index (χ4n) is 2.96. The molecule has 0 aliphatic carbocycles. The quantitative estimate of drug-likeness (QED) is 0.638.